The molecule has 0 heterocycles. The summed E-state index contributed by atoms with van der Waals surface area (Å²) in [7, 11) is 1.77. The van der Waals surface area contributed by atoms with Gasteiger partial charge in [-0.2, -0.15) is 0 Å². The van der Waals surface area contributed by atoms with E-state index < -0.39 is 22.7 Å². The first-order valence-corrected chi connectivity index (χ1v) is 6.84. The van der Waals surface area contributed by atoms with Gasteiger partial charge in [0.15, 0.2) is 0 Å². The van der Waals surface area contributed by atoms with Crippen molar-refractivity contribution in [3.05, 3.63) is 33.9 Å². The number of likely N-dealkylation sites (N-methyl/N-ethyl adjacent to an activating group) is 1. The normalized spacial score (nSPS) is 21.8. The van der Waals surface area contributed by atoms with Crippen LogP contribution >= 0.6 is 0 Å². The smallest absolute Gasteiger partial charge is 0.342 e. The summed E-state index contributed by atoms with van der Waals surface area (Å²) in [5.41, 5.74) is -0.206. The number of rotatable bonds is 4. The van der Waals surface area contributed by atoms with Gasteiger partial charge >= 0.3 is 5.97 Å². The van der Waals surface area contributed by atoms with Crippen LogP contribution in [0.4, 0.5) is 11.4 Å². The zero-order chi connectivity index (χ0) is 15.6. The molecule has 0 radical (unpaired) electrons. The molecule has 0 aromatic heterocycles. The van der Waals surface area contributed by atoms with E-state index in [2.05, 4.69) is 0 Å². The van der Waals surface area contributed by atoms with Crippen LogP contribution in [0.2, 0.25) is 0 Å². The lowest BCUT2D eigenvalue weighted by molar-refractivity contribution is -0.385. The summed E-state index contributed by atoms with van der Waals surface area (Å²) in [5, 5.41) is 30.0. The number of nitro benzene ring substituents is 1. The lowest BCUT2D eigenvalue weighted by atomic mass is 9.91. The topological polar surface area (TPSA) is 104 Å². The summed E-state index contributed by atoms with van der Waals surface area (Å²) in [5.74, 6) is -1.33. The van der Waals surface area contributed by atoms with Crippen molar-refractivity contribution >= 4 is 17.3 Å². The molecule has 0 aliphatic heterocycles. The van der Waals surface area contributed by atoms with Crippen LogP contribution in [0.3, 0.4) is 0 Å². The number of carbonyl (C=O) groups is 1. The number of carboxylic acids is 1. The Bertz CT molecular complexity index is 560. The van der Waals surface area contributed by atoms with Gasteiger partial charge in [0.2, 0.25) is 0 Å². The largest absolute Gasteiger partial charge is 0.477 e. The lowest BCUT2D eigenvalue weighted by Gasteiger charge is -2.36. The highest BCUT2D eigenvalue weighted by molar-refractivity contribution is 5.93. The number of aliphatic hydroxyl groups excluding tert-OH is 1. The molecule has 7 heteroatoms. The molecule has 0 saturated heterocycles. The molecule has 1 aromatic rings. The fourth-order valence-electron chi connectivity index (χ4n) is 2.81. The Morgan fingerprint density at radius 3 is 2.62 bits per heavy atom. The maximum absolute atomic E-state index is 11.2. The van der Waals surface area contributed by atoms with Crippen LogP contribution in [-0.4, -0.2) is 40.3 Å². The lowest BCUT2D eigenvalue weighted by Crippen LogP contribution is -2.43. The van der Waals surface area contributed by atoms with Crippen molar-refractivity contribution in [1.29, 1.82) is 0 Å². The van der Waals surface area contributed by atoms with Gasteiger partial charge in [-0.25, -0.2) is 4.79 Å². The molecule has 2 N–H and O–H groups in total. The van der Waals surface area contributed by atoms with E-state index in [1.165, 1.54) is 18.2 Å². The Hall–Kier alpha value is -2.15. The van der Waals surface area contributed by atoms with Gasteiger partial charge in [0.25, 0.3) is 5.69 Å². The molecule has 0 bridgehead atoms. The highest BCUT2D eigenvalue weighted by atomic mass is 16.6. The molecular formula is C14H18N2O5. The number of aliphatic hydroxyl groups is 1. The van der Waals surface area contributed by atoms with Crippen molar-refractivity contribution in [2.75, 3.05) is 11.9 Å². The van der Waals surface area contributed by atoms with Gasteiger partial charge < -0.3 is 15.1 Å². The van der Waals surface area contributed by atoms with E-state index in [9.17, 15) is 20.0 Å². The third-order valence-corrected chi connectivity index (χ3v) is 4.01. The highest BCUT2D eigenvalue weighted by Crippen LogP contribution is 2.30. The first-order chi connectivity index (χ1) is 9.91. The van der Waals surface area contributed by atoms with E-state index in [0.29, 0.717) is 12.1 Å². The summed E-state index contributed by atoms with van der Waals surface area (Å²) in [6.07, 6.45) is 3.05. The second-order valence-electron chi connectivity index (χ2n) is 5.29. The Balaban J connectivity index is 2.33. The minimum absolute atomic E-state index is 0.0955. The molecule has 1 fully saturated rings. The number of aromatic carboxylic acids is 1. The van der Waals surface area contributed by atoms with Crippen LogP contribution in [0.25, 0.3) is 0 Å². The third-order valence-electron chi connectivity index (χ3n) is 4.01. The van der Waals surface area contributed by atoms with Crippen LogP contribution in [0.5, 0.6) is 0 Å². The summed E-state index contributed by atoms with van der Waals surface area (Å²) in [6.45, 7) is 0. The zero-order valence-corrected chi connectivity index (χ0v) is 11.7. The highest BCUT2D eigenvalue weighted by Gasteiger charge is 2.28. The minimum Gasteiger partial charge on any atom is -0.477 e. The quantitative estimate of drug-likeness (QED) is 0.650. The molecule has 2 unspecified atom stereocenters. The Kier molecular flexibility index (Phi) is 4.42. The molecule has 114 valence electrons. The van der Waals surface area contributed by atoms with Gasteiger partial charge in [-0.3, -0.25) is 10.1 Å². The first kappa shape index (κ1) is 15.2. The molecule has 2 rings (SSSR count). The summed E-state index contributed by atoms with van der Waals surface area (Å²) in [6, 6.07) is 3.92. The second kappa shape index (κ2) is 6.09. The second-order valence-corrected chi connectivity index (χ2v) is 5.29. The summed E-state index contributed by atoms with van der Waals surface area (Å²) < 4.78 is 0. The predicted molar refractivity (Wildman–Crippen MR) is 76.7 cm³/mol. The van der Waals surface area contributed by atoms with Crippen LogP contribution < -0.4 is 4.90 Å². The Morgan fingerprint density at radius 1 is 1.38 bits per heavy atom. The van der Waals surface area contributed by atoms with Crippen LogP contribution in [0.15, 0.2) is 18.2 Å². The van der Waals surface area contributed by atoms with Gasteiger partial charge in [-0.1, -0.05) is 12.8 Å². The van der Waals surface area contributed by atoms with Crippen molar-refractivity contribution in [3.8, 4) is 0 Å². The predicted octanol–water partition coefficient (Wildman–Crippen LogP) is 2.03. The average molecular weight is 294 g/mol. The first-order valence-electron chi connectivity index (χ1n) is 6.84. The molecule has 2 atom stereocenters. The van der Waals surface area contributed by atoms with Crippen molar-refractivity contribution in [2.24, 2.45) is 0 Å². The van der Waals surface area contributed by atoms with Crippen LogP contribution in [-0.2, 0) is 0 Å². The van der Waals surface area contributed by atoms with Crippen molar-refractivity contribution in [3.63, 3.8) is 0 Å². The van der Waals surface area contributed by atoms with Crippen molar-refractivity contribution in [1.82, 2.24) is 0 Å². The molecule has 21 heavy (non-hydrogen) atoms. The molecule has 0 spiro atoms. The third kappa shape index (κ3) is 3.13. The maximum Gasteiger partial charge on any atom is 0.342 e. The standard InChI is InChI=1S/C14H18N2O5/c1-15(12-4-2-3-5-13(12)17)9-6-7-11(16(20)21)10(8-9)14(18)19/h6-8,12-13,17H,2-5H2,1H3,(H,18,19). The van der Waals surface area contributed by atoms with E-state index in [4.69, 9.17) is 5.11 Å². The molecular weight excluding hydrogens is 276 g/mol. The molecule has 0 amide bonds. The van der Waals surface area contributed by atoms with Gasteiger partial charge in [0, 0.05) is 18.8 Å². The van der Waals surface area contributed by atoms with Crippen molar-refractivity contribution in [2.45, 2.75) is 37.8 Å². The summed E-state index contributed by atoms with van der Waals surface area (Å²) >= 11 is 0. The minimum atomic E-state index is -1.33. The van der Waals surface area contributed by atoms with Gasteiger partial charge in [-0.05, 0) is 25.0 Å². The van der Waals surface area contributed by atoms with E-state index in [-0.39, 0.29) is 11.6 Å². The van der Waals surface area contributed by atoms with Gasteiger partial charge in [-0.15, -0.1) is 0 Å². The SMILES string of the molecule is CN(c1ccc([N+](=O)[O-])c(C(=O)O)c1)C1CCCCC1O. The fraction of sp³-hybridized carbons (Fsp3) is 0.500. The van der Waals surface area contributed by atoms with Crippen molar-refractivity contribution < 1.29 is 19.9 Å². The number of anilines is 1. The Morgan fingerprint density at radius 2 is 2.05 bits per heavy atom. The molecule has 1 aliphatic rings. The Labute approximate surface area is 122 Å². The number of hydrogen-bond donors (Lipinski definition) is 2. The fourth-order valence-corrected chi connectivity index (χ4v) is 2.81. The van der Waals surface area contributed by atoms with E-state index in [1.54, 1.807) is 11.9 Å². The molecule has 7 nitrogen and oxygen atoms in total. The monoisotopic (exact) mass is 294 g/mol. The van der Waals surface area contributed by atoms with E-state index in [0.717, 1.165) is 19.3 Å². The number of benzene rings is 1. The molecule has 1 saturated carbocycles. The number of carboxylic acid groups (broad SMARTS) is 1. The van der Waals surface area contributed by atoms with E-state index >= 15 is 0 Å². The van der Waals surface area contributed by atoms with Gasteiger partial charge in [0.05, 0.1) is 17.1 Å². The number of hydrogen-bond acceptors (Lipinski definition) is 5. The molecule has 1 aromatic carbocycles. The number of nitrogens with zero attached hydrogens (tertiary/aromatic N) is 2. The summed E-state index contributed by atoms with van der Waals surface area (Å²) in [4.78, 5) is 23.1. The van der Waals surface area contributed by atoms with Gasteiger partial charge in [0.1, 0.15) is 5.56 Å². The van der Waals surface area contributed by atoms with Crippen LogP contribution in [0, 0.1) is 10.1 Å². The zero-order valence-electron chi connectivity index (χ0n) is 11.7. The van der Waals surface area contributed by atoms with E-state index in [1.807, 2.05) is 0 Å². The number of nitro groups is 1. The molecule has 1 aliphatic carbocycles. The van der Waals surface area contributed by atoms with Crippen LogP contribution in [0.1, 0.15) is 36.0 Å². The maximum atomic E-state index is 11.2. The average Bonchev–Trinajstić information content (AvgIpc) is 2.46.